The molecule has 0 spiro atoms. The van der Waals surface area contributed by atoms with Crippen LogP contribution >= 0.6 is 0 Å². The number of carbonyl (C=O) groups excluding carboxylic acids is 2. The Morgan fingerprint density at radius 1 is 0.833 bits per heavy atom. The third-order valence-corrected chi connectivity index (χ3v) is 1.37. The summed E-state index contributed by atoms with van der Waals surface area (Å²) in [6.07, 6.45) is -13.9. The van der Waals surface area contributed by atoms with Crippen LogP contribution in [0.25, 0.3) is 0 Å². The molecule has 0 bridgehead atoms. The maximum atomic E-state index is 12.2. The molecular formula is C6H4F8N2O2. The van der Waals surface area contributed by atoms with Gasteiger partial charge in [0.15, 0.2) is 0 Å². The Hall–Kier alpha value is -1.62. The van der Waals surface area contributed by atoms with Gasteiger partial charge in [-0.15, -0.1) is 0 Å². The number of nitrogens with one attached hydrogen (secondary N) is 2. The number of hydrogen-bond donors (Lipinski definition) is 2. The average molecular weight is 288 g/mol. The zero-order valence-electron chi connectivity index (χ0n) is 8.05. The predicted molar refractivity (Wildman–Crippen MR) is 38.0 cm³/mol. The van der Waals surface area contributed by atoms with Crippen molar-refractivity contribution in [2.24, 2.45) is 0 Å². The first-order chi connectivity index (χ1) is 7.77. The second kappa shape index (κ2) is 4.94. The van der Waals surface area contributed by atoms with Crippen molar-refractivity contribution in [1.82, 2.24) is 10.9 Å². The summed E-state index contributed by atoms with van der Waals surface area (Å²) in [5.74, 6) is -10.3. The maximum absolute atomic E-state index is 12.2. The Kier molecular flexibility index (Phi) is 4.49. The Morgan fingerprint density at radius 3 is 1.61 bits per heavy atom. The number of hydrazine groups is 1. The molecule has 0 saturated heterocycles. The lowest BCUT2D eigenvalue weighted by atomic mass is 10.2. The molecule has 0 unspecified atom stereocenters. The van der Waals surface area contributed by atoms with Crippen molar-refractivity contribution in [1.29, 1.82) is 0 Å². The Morgan fingerprint density at radius 2 is 1.28 bits per heavy atom. The minimum absolute atomic E-state index is 0.632. The van der Waals surface area contributed by atoms with E-state index in [0.29, 0.717) is 5.43 Å². The van der Waals surface area contributed by atoms with Gasteiger partial charge in [0.25, 0.3) is 0 Å². The summed E-state index contributed by atoms with van der Waals surface area (Å²) in [4.78, 5) is 20.5. The highest BCUT2D eigenvalue weighted by molar-refractivity contribution is 5.85. The zero-order valence-corrected chi connectivity index (χ0v) is 8.05. The monoisotopic (exact) mass is 288 g/mol. The number of rotatable bonds is 2. The van der Waals surface area contributed by atoms with E-state index in [1.165, 1.54) is 0 Å². The molecule has 106 valence electrons. The Labute approximate surface area is 93.3 Å². The molecule has 18 heavy (non-hydrogen) atoms. The molecular weight excluding hydrogens is 284 g/mol. The predicted octanol–water partition coefficient (Wildman–Crippen LogP) is 1.28. The standard InChI is InChI=1S/C6H4F8N2O2/c7-4(8,6(12,13)14)1-2(17)15-16-3(18)5(9,10)11/h1H2,(H,15,17)(H,16,18). The van der Waals surface area contributed by atoms with E-state index in [9.17, 15) is 44.7 Å². The first-order valence-electron chi connectivity index (χ1n) is 3.88. The quantitative estimate of drug-likeness (QED) is 0.594. The van der Waals surface area contributed by atoms with E-state index in [0.717, 1.165) is 5.43 Å². The number of carbonyl (C=O) groups is 2. The van der Waals surface area contributed by atoms with Gasteiger partial charge >= 0.3 is 24.2 Å². The largest absolute Gasteiger partial charge is 0.472 e. The third kappa shape index (κ3) is 4.71. The topological polar surface area (TPSA) is 58.2 Å². The Bertz CT molecular complexity index is 333. The lowest BCUT2D eigenvalue weighted by molar-refractivity contribution is -0.282. The smallest absolute Gasteiger partial charge is 0.273 e. The van der Waals surface area contributed by atoms with E-state index in [1.807, 2.05) is 0 Å². The maximum Gasteiger partial charge on any atom is 0.472 e. The summed E-state index contributed by atoms with van der Waals surface area (Å²) >= 11 is 0. The highest BCUT2D eigenvalue weighted by Gasteiger charge is 2.58. The zero-order chi connectivity index (χ0) is 14.8. The minimum Gasteiger partial charge on any atom is -0.273 e. The second-order valence-corrected chi connectivity index (χ2v) is 2.88. The molecule has 0 rings (SSSR count). The van der Waals surface area contributed by atoms with Gasteiger partial charge in [0.1, 0.15) is 6.42 Å². The lowest BCUT2D eigenvalue weighted by Gasteiger charge is -2.19. The van der Waals surface area contributed by atoms with E-state index in [4.69, 9.17) is 0 Å². The van der Waals surface area contributed by atoms with Crippen LogP contribution in [0, 0.1) is 0 Å². The van der Waals surface area contributed by atoms with Gasteiger partial charge in [0.2, 0.25) is 5.91 Å². The van der Waals surface area contributed by atoms with E-state index in [2.05, 4.69) is 0 Å². The van der Waals surface area contributed by atoms with Gasteiger partial charge in [-0.2, -0.15) is 35.1 Å². The molecule has 12 heteroatoms. The molecule has 2 amide bonds. The van der Waals surface area contributed by atoms with Crippen LogP contribution in [0.5, 0.6) is 0 Å². The van der Waals surface area contributed by atoms with Gasteiger partial charge in [0, 0.05) is 0 Å². The highest BCUT2D eigenvalue weighted by Crippen LogP contribution is 2.37. The van der Waals surface area contributed by atoms with Crippen molar-refractivity contribution in [2.75, 3.05) is 0 Å². The van der Waals surface area contributed by atoms with Crippen molar-refractivity contribution >= 4 is 11.8 Å². The second-order valence-electron chi connectivity index (χ2n) is 2.88. The van der Waals surface area contributed by atoms with Crippen molar-refractivity contribution < 1.29 is 44.7 Å². The molecule has 0 aromatic rings. The molecule has 0 aliphatic carbocycles. The van der Waals surface area contributed by atoms with Crippen LogP contribution in [0.2, 0.25) is 0 Å². The molecule has 0 heterocycles. The highest BCUT2D eigenvalue weighted by atomic mass is 19.4. The summed E-state index contributed by atoms with van der Waals surface area (Å²) in [6, 6.07) is 0. The summed E-state index contributed by atoms with van der Waals surface area (Å²) < 4.78 is 93.8. The van der Waals surface area contributed by atoms with Crippen molar-refractivity contribution in [3.05, 3.63) is 0 Å². The molecule has 2 N–H and O–H groups in total. The van der Waals surface area contributed by atoms with E-state index in [-0.39, 0.29) is 0 Å². The van der Waals surface area contributed by atoms with Gasteiger partial charge in [-0.3, -0.25) is 20.4 Å². The Balaban J connectivity index is 4.35. The first kappa shape index (κ1) is 16.4. The third-order valence-electron chi connectivity index (χ3n) is 1.37. The molecule has 0 aromatic heterocycles. The van der Waals surface area contributed by atoms with Crippen LogP contribution in [0.1, 0.15) is 6.42 Å². The van der Waals surface area contributed by atoms with Crippen molar-refractivity contribution in [3.8, 4) is 0 Å². The van der Waals surface area contributed by atoms with Gasteiger partial charge < -0.3 is 0 Å². The molecule has 0 aliphatic rings. The van der Waals surface area contributed by atoms with Gasteiger partial charge in [-0.05, 0) is 0 Å². The van der Waals surface area contributed by atoms with Gasteiger partial charge in [-0.1, -0.05) is 0 Å². The molecule has 0 fully saturated rings. The fourth-order valence-corrected chi connectivity index (χ4v) is 0.543. The summed E-state index contributed by atoms with van der Waals surface area (Å²) in [7, 11) is 0. The van der Waals surface area contributed by atoms with Crippen molar-refractivity contribution in [2.45, 2.75) is 24.7 Å². The SMILES string of the molecule is O=C(CC(F)(F)C(F)(F)F)NNC(=O)C(F)(F)F. The summed E-state index contributed by atoms with van der Waals surface area (Å²) in [5, 5.41) is 0. The fraction of sp³-hybridized carbons (Fsp3) is 0.667. The van der Waals surface area contributed by atoms with Crippen LogP contribution in [-0.2, 0) is 9.59 Å². The minimum atomic E-state index is -6.03. The molecule has 4 nitrogen and oxygen atoms in total. The number of alkyl halides is 8. The van der Waals surface area contributed by atoms with Crippen LogP contribution in [0.3, 0.4) is 0 Å². The number of hydrogen-bond acceptors (Lipinski definition) is 2. The fourth-order valence-electron chi connectivity index (χ4n) is 0.543. The summed E-state index contributed by atoms with van der Waals surface area (Å²) in [5.41, 5.74) is 1.41. The lowest BCUT2D eigenvalue weighted by Crippen LogP contribution is -2.50. The van der Waals surface area contributed by atoms with Crippen LogP contribution in [-0.4, -0.2) is 30.1 Å². The summed E-state index contributed by atoms with van der Waals surface area (Å²) in [6.45, 7) is 0. The van der Waals surface area contributed by atoms with E-state index < -0.39 is 36.5 Å². The molecule has 0 saturated carbocycles. The van der Waals surface area contributed by atoms with E-state index in [1.54, 1.807) is 0 Å². The molecule has 0 radical (unpaired) electrons. The number of amides is 2. The van der Waals surface area contributed by atoms with Gasteiger partial charge in [-0.25, -0.2) is 0 Å². The van der Waals surface area contributed by atoms with Gasteiger partial charge in [0.05, 0.1) is 0 Å². The molecule has 0 aromatic carbocycles. The van der Waals surface area contributed by atoms with Crippen molar-refractivity contribution in [3.63, 3.8) is 0 Å². The molecule has 0 aliphatic heterocycles. The first-order valence-corrected chi connectivity index (χ1v) is 3.88. The average Bonchev–Trinajstić information content (AvgIpc) is 2.09. The number of halogens is 8. The normalized spacial score (nSPS) is 13.1. The van der Waals surface area contributed by atoms with Crippen LogP contribution < -0.4 is 10.9 Å². The molecule has 0 atom stereocenters. The van der Waals surface area contributed by atoms with Crippen LogP contribution in [0.15, 0.2) is 0 Å². The van der Waals surface area contributed by atoms with Crippen LogP contribution in [0.4, 0.5) is 35.1 Å². The van der Waals surface area contributed by atoms with E-state index >= 15 is 0 Å².